The number of sulfonamides is 1. The summed E-state index contributed by atoms with van der Waals surface area (Å²) in [5.41, 5.74) is 1.31. The molecule has 1 aliphatic heterocycles. The lowest BCUT2D eigenvalue weighted by molar-refractivity contribution is 0.0697. The van der Waals surface area contributed by atoms with Crippen LogP contribution >= 0.6 is 0 Å². The molecule has 8 heteroatoms. The maximum atomic E-state index is 12.4. The standard InChI is InChI=1S/C13H22N4O3S/c1-9(2)11-7-12(15-14-11)13(18)17-6-4-5-10(8-17)16-21(3,19)20/h7,9-10,16H,4-6,8H2,1-3H3,(H,14,15)/t10-/m0/s1. The number of H-pyrrole nitrogens is 1. The van der Waals surface area contributed by atoms with Crippen LogP contribution in [0.4, 0.5) is 0 Å². The van der Waals surface area contributed by atoms with Crippen molar-refractivity contribution in [3.63, 3.8) is 0 Å². The number of amides is 1. The largest absolute Gasteiger partial charge is 0.336 e. The van der Waals surface area contributed by atoms with E-state index in [9.17, 15) is 13.2 Å². The van der Waals surface area contributed by atoms with Gasteiger partial charge in [-0.15, -0.1) is 0 Å². The predicted molar refractivity (Wildman–Crippen MR) is 79.6 cm³/mol. The van der Waals surface area contributed by atoms with Crippen LogP contribution in [0.15, 0.2) is 6.07 Å². The van der Waals surface area contributed by atoms with Crippen LogP contribution in [0, 0.1) is 0 Å². The first-order valence-corrected chi connectivity index (χ1v) is 8.97. The van der Waals surface area contributed by atoms with E-state index in [0.29, 0.717) is 18.8 Å². The zero-order valence-corrected chi connectivity index (χ0v) is 13.4. The highest BCUT2D eigenvalue weighted by Crippen LogP contribution is 2.16. The van der Waals surface area contributed by atoms with E-state index in [1.54, 1.807) is 11.0 Å². The summed E-state index contributed by atoms with van der Waals surface area (Å²) in [6.45, 7) is 5.06. The molecule has 1 amide bonds. The van der Waals surface area contributed by atoms with Gasteiger partial charge in [-0.25, -0.2) is 13.1 Å². The monoisotopic (exact) mass is 314 g/mol. The highest BCUT2D eigenvalue weighted by molar-refractivity contribution is 7.88. The molecule has 2 N–H and O–H groups in total. The van der Waals surface area contributed by atoms with Crippen LogP contribution in [-0.2, 0) is 10.0 Å². The van der Waals surface area contributed by atoms with Gasteiger partial charge in [-0.1, -0.05) is 13.8 Å². The average Bonchev–Trinajstić information content (AvgIpc) is 2.85. The van der Waals surface area contributed by atoms with Gasteiger partial charge in [-0.05, 0) is 24.8 Å². The van der Waals surface area contributed by atoms with Crippen molar-refractivity contribution in [3.05, 3.63) is 17.5 Å². The molecule has 1 saturated heterocycles. The molecule has 0 unspecified atom stereocenters. The number of likely N-dealkylation sites (tertiary alicyclic amines) is 1. The molecule has 0 saturated carbocycles. The summed E-state index contributed by atoms with van der Waals surface area (Å²) in [4.78, 5) is 14.1. The number of carbonyl (C=O) groups is 1. The maximum Gasteiger partial charge on any atom is 0.274 e. The van der Waals surface area contributed by atoms with Gasteiger partial charge in [-0.3, -0.25) is 9.89 Å². The lowest BCUT2D eigenvalue weighted by Gasteiger charge is -2.32. The second-order valence-corrected chi connectivity index (χ2v) is 7.62. The average molecular weight is 314 g/mol. The number of hydrogen-bond acceptors (Lipinski definition) is 4. The Morgan fingerprint density at radius 2 is 2.24 bits per heavy atom. The number of nitrogens with one attached hydrogen (secondary N) is 2. The number of hydrogen-bond donors (Lipinski definition) is 2. The Hall–Kier alpha value is -1.41. The maximum absolute atomic E-state index is 12.4. The second-order valence-electron chi connectivity index (χ2n) is 5.84. The van der Waals surface area contributed by atoms with E-state index in [1.807, 2.05) is 13.8 Å². The Morgan fingerprint density at radius 1 is 1.52 bits per heavy atom. The second kappa shape index (κ2) is 6.15. The van der Waals surface area contributed by atoms with Crippen molar-refractivity contribution in [2.75, 3.05) is 19.3 Å². The van der Waals surface area contributed by atoms with Crippen molar-refractivity contribution < 1.29 is 13.2 Å². The summed E-state index contributed by atoms with van der Waals surface area (Å²) < 4.78 is 25.2. The number of carbonyl (C=O) groups excluding carboxylic acids is 1. The van der Waals surface area contributed by atoms with Crippen molar-refractivity contribution >= 4 is 15.9 Å². The third-order valence-electron chi connectivity index (χ3n) is 3.53. The normalized spacial score (nSPS) is 20.0. The topological polar surface area (TPSA) is 95.2 Å². The first kappa shape index (κ1) is 16.0. The first-order chi connectivity index (χ1) is 9.76. The molecule has 1 atom stereocenters. The summed E-state index contributed by atoms with van der Waals surface area (Å²) >= 11 is 0. The molecule has 118 valence electrons. The molecule has 1 aliphatic rings. The Balaban J connectivity index is 2.04. The first-order valence-electron chi connectivity index (χ1n) is 7.08. The summed E-state index contributed by atoms with van der Waals surface area (Å²) in [5.74, 6) is 0.123. The van der Waals surface area contributed by atoms with Crippen LogP contribution in [0.3, 0.4) is 0 Å². The van der Waals surface area contributed by atoms with Crippen molar-refractivity contribution in [1.29, 1.82) is 0 Å². The van der Waals surface area contributed by atoms with E-state index >= 15 is 0 Å². The number of aromatic nitrogens is 2. The van der Waals surface area contributed by atoms with Gasteiger partial charge in [0.2, 0.25) is 10.0 Å². The van der Waals surface area contributed by atoms with Crippen LogP contribution in [0.2, 0.25) is 0 Å². The minimum Gasteiger partial charge on any atom is -0.336 e. The Labute approximate surface area is 125 Å². The third-order valence-corrected chi connectivity index (χ3v) is 4.29. The van der Waals surface area contributed by atoms with E-state index < -0.39 is 10.0 Å². The molecule has 1 aromatic rings. The highest BCUT2D eigenvalue weighted by atomic mass is 32.2. The van der Waals surface area contributed by atoms with E-state index in [-0.39, 0.29) is 17.9 Å². The fourth-order valence-corrected chi connectivity index (χ4v) is 3.26. The van der Waals surface area contributed by atoms with Gasteiger partial charge in [-0.2, -0.15) is 5.10 Å². The molecule has 0 radical (unpaired) electrons. The molecular formula is C13H22N4O3S. The summed E-state index contributed by atoms with van der Waals surface area (Å²) in [6, 6.07) is 1.54. The number of nitrogens with zero attached hydrogens (tertiary/aromatic N) is 2. The predicted octanol–water partition coefficient (Wildman–Crippen LogP) is 0.687. The Morgan fingerprint density at radius 3 is 2.81 bits per heavy atom. The van der Waals surface area contributed by atoms with Crippen molar-refractivity contribution in [2.24, 2.45) is 0 Å². The number of rotatable bonds is 4. The number of piperidine rings is 1. The summed E-state index contributed by atoms with van der Waals surface area (Å²) in [6.07, 6.45) is 2.66. The van der Waals surface area contributed by atoms with Gasteiger partial charge in [0.15, 0.2) is 0 Å². The third kappa shape index (κ3) is 4.28. The number of aromatic amines is 1. The minimum absolute atomic E-state index is 0.154. The van der Waals surface area contributed by atoms with Crippen LogP contribution in [0.5, 0.6) is 0 Å². The van der Waals surface area contributed by atoms with Crippen LogP contribution in [0.1, 0.15) is 48.8 Å². The molecule has 2 rings (SSSR count). The van der Waals surface area contributed by atoms with Crippen LogP contribution in [0.25, 0.3) is 0 Å². The molecule has 0 aromatic carbocycles. The molecule has 2 heterocycles. The SMILES string of the molecule is CC(C)c1cc(C(=O)N2CCC[C@H](NS(C)(=O)=O)C2)n[nH]1. The lowest BCUT2D eigenvalue weighted by Crippen LogP contribution is -2.49. The molecular weight excluding hydrogens is 292 g/mol. The van der Waals surface area contributed by atoms with Crippen molar-refractivity contribution in [3.8, 4) is 0 Å². The van der Waals surface area contributed by atoms with Gasteiger partial charge in [0.05, 0.1) is 6.26 Å². The van der Waals surface area contributed by atoms with Gasteiger partial charge < -0.3 is 4.90 Å². The quantitative estimate of drug-likeness (QED) is 0.854. The molecule has 0 spiro atoms. The Kier molecular flexibility index (Phi) is 4.67. The fourth-order valence-electron chi connectivity index (χ4n) is 2.46. The zero-order valence-electron chi connectivity index (χ0n) is 12.6. The Bertz CT molecular complexity index is 609. The van der Waals surface area contributed by atoms with E-state index in [2.05, 4.69) is 14.9 Å². The molecule has 7 nitrogen and oxygen atoms in total. The van der Waals surface area contributed by atoms with E-state index in [1.165, 1.54) is 0 Å². The fraction of sp³-hybridized carbons (Fsp3) is 0.692. The smallest absolute Gasteiger partial charge is 0.274 e. The molecule has 0 bridgehead atoms. The van der Waals surface area contributed by atoms with Gasteiger partial charge in [0.1, 0.15) is 5.69 Å². The van der Waals surface area contributed by atoms with Crippen LogP contribution in [-0.4, -0.2) is 54.8 Å². The van der Waals surface area contributed by atoms with E-state index in [4.69, 9.17) is 0 Å². The molecule has 0 aliphatic carbocycles. The van der Waals surface area contributed by atoms with Gasteiger partial charge >= 0.3 is 0 Å². The zero-order chi connectivity index (χ0) is 15.6. The van der Waals surface area contributed by atoms with E-state index in [0.717, 1.165) is 24.8 Å². The van der Waals surface area contributed by atoms with Crippen LogP contribution < -0.4 is 4.72 Å². The molecule has 1 fully saturated rings. The van der Waals surface area contributed by atoms with Gasteiger partial charge in [0, 0.05) is 24.8 Å². The highest BCUT2D eigenvalue weighted by Gasteiger charge is 2.27. The molecule has 1 aromatic heterocycles. The van der Waals surface area contributed by atoms with Crippen molar-refractivity contribution in [2.45, 2.75) is 38.6 Å². The minimum atomic E-state index is -3.25. The summed E-state index contributed by atoms with van der Waals surface area (Å²) in [7, 11) is -3.25. The van der Waals surface area contributed by atoms with Crippen molar-refractivity contribution in [1.82, 2.24) is 19.8 Å². The lowest BCUT2D eigenvalue weighted by atomic mass is 10.1. The summed E-state index contributed by atoms with van der Waals surface area (Å²) in [5, 5.41) is 6.92. The molecule has 21 heavy (non-hydrogen) atoms. The van der Waals surface area contributed by atoms with Gasteiger partial charge in [0.25, 0.3) is 5.91 Å².